The van der Waals surface area contributed by atoms with Gasteiger partial charge in [-0.05, 0) is 45.9 Å². The summed E-state index contributed by atoms with van der Waals surface area (Å²) in [5.74, 6) is 0. The highest BCUT2D eigenvalue weighted by Gasteiger charge is 2.08. The maximum absolute atomic E-state index is 5.78. The number of rotatable bonds is 2. The van der Waals surface area contributed by atoms with Gasteiger partial charge < -0.3 is 0 Å². The van der Waals surface area contributed by atoms with Gasteiger partial charge in [-0.25, -0.2) is 0 Å². The summed E-state index contributed by atoms with van der Waals surface area (Å²) in [6.07, 6.45) is 0. The van der Waals surface area contributed by atoms with E-state index in [9.17, 15) is 0 Å². The van der Waals surface area contributed by atoms with Crippen molar-refractivity contribution in [3.8, 4) is 0 Å². The summed E-state index contributed by atoms with van der Waals surface area (Å²) in [7, 11) is 0. The number of benzene rings is 1. The fraction of sp³-hybridized carbons (Fsp3) is 0.250. The van der Waals surface area contributed by atoms with E-state index < -0.39 is 4.84 Å². The number of halogens is 4. The summed E-state index contributed by atoms with van der Waals surface area (Å²) in [5.41, 5.74) is 2.13. The van der Waals surface area contributed by atoms with Gasteiger partial charge >= 0.3 is 0 Å². The number of alkyl halides is 3. The molecule has 0 unspecified atom stereocenters. The molecule has 66 valence electrons. The zero-order chi connectivity index (χ0) is 9.14. The fourth-order valence-corrected chi connectivity index (χ4v) is 2.37. The average molecular weight is 380 g/mol. The molecule has 0 amide bonds. The van der Waals surface area contributed by atoms with E-state index in [0.29, 0.717) is 0 Å². The standard InChI is InChI=1S/C8H6BrCl2I/c9-4-5-3-6(12)1-2-7(5)8(10)11/h1-3,8H,4H2. The summed E-state index contributed by atoms with van der Waals surface area (Å²) in [6, 6.07) is 6.03. The molecule has 1 rings (SSSR count). The number of hydrogen-bond donors (Lipinski definition) is 0. The van der Waals surface area contributed by atoms with E-state index in [0.717, 1.165) is 16.5 Å². The van der Waals surface area contributed by atoms with Gasteiger partial charge in [0.2, 0.25) is 0 Å². The summed E-state index contributed by atoms with van der Waals surface area (Å²) < 4.78 is 1.19. The molecule has 0 N–H and O–H groups in total. The van der Waals surface area contributed by atoms with E-state index in [1.165, 1.54) is 3.57 Å². The second kappa shape index (κ2) is 5.03. The van der Waals surface area contributed by atoms with Gasteiger partial charge in [-0.3, -0.25) is 0 Å². The first-order valence-corrected chi connectivity index (χ1v) is 6.35. The Balaban J connectivity index is 3.11. The van der Waals surface area contributed by atoms with Crippen LogP contribution in [0.25, 0.3) is 0 Å². The molecular weight excluding hydrogens is 374 g/mol. The molecule has 0 nitrogen and oxygen atoms in total. The van der Waals surface area contributed by atoms with Gasteiger partial charge in [0, 0.05) is 8.90 Å². The van der Waals surface area contributed by atoms with Gasteiger partial charge in [-0.2, -0.15) is 0 Å². The lowest BCUT2D eigenvalue weighted by molar-refractivity contribution is 1.24. The van der Waals surface area contributed by atoms with Crippen LogP contribution in [0.3, 0.4) is 0 Å². The van der Waals surface area contributed by atoms with Gasteiger partial charge in [0.15, 0.2) is 0 Å². The van der Waals surface area contributed by atoms with Crippen molar-refractivity contribution in [2.75, 3.05) is 0 Å². The predicted octanol–water partition coefficient (Wildman–Crippen LogP) is 4.66. The molecule has 12 heavy (non-hydrogen) atoms. The first-order chi connectivity index (χ1) is 5.65. The molecule has 0 aromatic heterocycles. The summed E-state index contributed by atoms with van der Waals surface area (Å²) in [5, 5.41) is 0.787. The maximum Gasteiger partial charge on any atom is 0.133 e. The van der Waals surface area contributed by atoms with Crippen molar-refractivity contribution in [3.05, 3.63) is 32.9 Å². The van der Waals surface area contributed by atoms with Crippen molar-refractivity contribution >= 4 is 61.7 Å². The van der Waals surface area contributed by atoms with Crippen molar-refractivity contribution in [2.45, 2.75) is 10.2 Å². The van der Waals surface area contributed by atoms with E-state index in [1.807, 2.05) is 12.1 Å². The minimum atomic E-state index is -0.436. The van der Waals surface area contributed by atoms with Crippen LogP contribution in [0.15, 0.2) is 18.2 Å². The molecule has 0 radical (unpaired) electrons. The average Bonchev–Trinajstić information content (AvgIpc) is 2.03. The lowest BCUT2D eigenvalue weighted by atomic mass is 10.1. The summed E-state index contributed by atoms with van der Waals surface area (Å²) in [6.45, 7) is 0. The van der Waals surface area contributed by atoms with Crippen molar-refractivity contribution in [1.82, 2.24) is 0 Å². The Morgan fingerprint density at radius 2 is 2.08 bits per heavy atom. The second-order valence-electron chi connectivity index (χ2n) is 2.28. The Labute approximate surface area is 104 Å². The Bertz CT molecular complexity index is 276. The summed E-state index contributed by atoms with van der Waals surface area (Å²) >= 11 is 17.2. The van der Waals surface area contributed by atoms with Crippen LogP contribution < -0.4 is 0 Å². The highest BCUT2D eigenvalue weighted by Crippen LogP contribution is 2.29. The lowest BCUT2D eigenvalue weighted by Crippen LogP contribution is -1.90. The molecule has 0 spiro atoms. The molecule has 1 aromatic rings. The molecule has 0 aliphatic heterocycles. The SMILES string of the molecule is ClC(Cl)c1ccc(I)cc1CBr. The largest absolute Gasteiger partial charge is 0.133 e. The molecule has 0 aliphatic rings. The molecule has 0 aliphatic carbocycles. The van der Waals surface area contributed by atoms with Gasteiger partial charge in [0.1, 0.15) is 4.84 Å². The first-order valence-electron chi connectivity index (χ1n) is 3.27. The zero-order valence-electron chi connectivity index (χ0n) is 6.03. The van der Waals surface area contributed by atoms with E-state index in [-0.39, 0.29) is 0 Å². The minimum Gasteiger partial charge on any atom is -0.100 e. The van der Waals surface area contributed by atoms with Crippen LogP contribution in [0.4, 0.5) is 0 Å². The molecule has 0 saturated carbocycles. The van der Waals surface area contributed by atoms with E-state index >= 15 is 0 Å². The molecule has 0 fully saturated rings. The van der Waals surface area contributed by atoms with Crippen LogP contribution in [-0.4, -0.2) is 0 Å². The first kappa shape index (κ1) is 11.1. The Kier molecular flexibility index (Phi) is 4.65. The van der Waals surface area contributed by atoms with Gasteiger partial charge in [0.25, 0.3) is 0 Å². The molecule has 0 bridgehead atoms. The molecule has 0 heterocycles. The molecular formula is C8H6BrCl2I. The fourth-order valence-electron chi connectivity index (χ4n) is 0.903. The van der Waals surface area contributed by atoms with Crippen molar-refractivity contribution in [2.24, 2.45) is 0 Å². The normalized spacial score (nSPS) is 10.8. The Morgan fingerprint density at radius 1 is 1.42 bits per heavy atom. The third-order valence-electron chi connectivity index (χ3n) is 1.48. The van der Waals surface area contributed by atoms with E-state index in [2.05, 4.69) is 44.6 Å². The topological polar surface area (TPSA) is 0 Å². The van der Waals surface area contributed by atoms with Crippen LogP contribution in [0.5, 0.6) is 0 Å². The van der Waals surface area contributed by atoms with Crippen LogP contribution in [-0.2, 0) is 5.33 Å². The van der Waals surface area contributed by atoms with Gasteiger partial charge in [-0.1, -0.05) is 22.0 Å². The van der Waals surface area contributed by atoms with E-state index in [4.69, 9.17) is 23.2 Å². The molecule has 0 atom stereocenters. The molecule has 0 saturated heterocycles. The quantitative estimate of drug-likeness (QED) is 0.518. The Hall–Kier alpha value is 1.01. The lowest BCUT2D eigenvalue weighted by Gasteiger charge is -2.07. The molecule has 4 heteroatoms. The monoisotopic (exact) mass is 378 g/mol. The third kappa shape index (κ3) is 2.76. The molecule has 1 aromatic carbocycles. The smallest absolute Gasteiger partial charge is 0.100 e. The van der Waals surface area contributed by atoms with Crippen LogP contribution in [0, 0.1) is 3.57 Å². The minimum absolute atomic E-state index is 0.436. The highest BCUT2D eigenvalue weighted by atomic mass is 127. The van der Waals surface area contributed by atoms with Crippen molar-refractivity contribution in [1.29, 1.82) is 0 Å². The van der Waals surface area contributed by atoms with Crippen LogP contribution in [0.2, 0.25) is 0 Å². The third-order valence-corrected chi connectivity index (χ3v) is 3.23. The summed E-state index contributed by atoms with van der Waals surface area (Å²) in [4.78, 5) is -0.436. The second-order valence-corrected chi connectivity index (χ2v) is 5.18. The van der Waals surface area contributed by atoms with Crippen molar-refractivity contribution < 1.29 is 0 Å². The van der Waals surface area contributed by atoms with E-state index in [1.54, 1.807) is 0 Å². The maximum atomic E-state index is 5.78. The predicted molar refractivity (Wildman–Crippen MR) is 66.2 cm³/mol. The zero-order valence-corrected chi connectivity index (χ0v) is 11.3. The number of hydrogen-bond acceptors (Lipinski definition) is 0. The highest BCUT2D eigenvalue weighted by molar-refractivity contribution is 14.1. The van der Waals surface area contributed by atoms with Crippen LogP contribution >= 0.6 is 61.7 Å². The van der Waals surface area contributed by atoms with Crippen molar-refractivity contribution in [3.63, 3.8) is 0 Å². The Morgan fingerprint density at radius 3 is 2.58 bits per heavy atom. The van der Waals surface area contributed by atoms with Gasteiger partial charge in [0.05, 0.1) is 0 Å². The van der Waals surface area contributed by atoms with Gasteiger partial charge in [-0.15, -0.1) is 23.2 Å². The van der Waals surface area contributed by atoms with Crippen LogP contribution in [0.1, 0.15) is 16.0 Å².